The minimum atomic E-state index is -4.29. The Morgan fingerprint density at radius 2 is 1.62 bits per heavy atom. The molecule has 0 amide bonds. The summed E-state index contributed by atoms with van der Waals surface area (Å²) in [4.78, 5) is 3.11. The minimum Gasteiger partial charge on any atom is -0.370 e. The van der Waals surface area contributed by atoms with E-state index in [1.807, 2.05) is 48.8 Å². The van der Waals surface area contributed by atoms with Gasteiger partial charge in [0.25, 0.3) is 0 Å². The van der Waals surface area contributed by atoms with Gasteiger partial charge < -0.3 is 4.90 Å². The third-order valence-corrected chi connectivity index (χ3v) is 4.80. The average molecular weight is 347 g/mol. The number of hydrogen-bond acceptors (Lipinski definition) is 2. The smallest absolute Gasteiger partial charge is 0.370 e. The SMILES string of the molecule is CN(Cc1csc(-c2ccc(C(F)(F)F)cc2)c1)c1ccccc1. The van der Waals surface area contributed by atoms with E-state index in [0.717, 1.165) is 40.4 Å². The molecule has 24 heavy (non-hydrogen) atoms. The zero-order chi connectivity index (χ0) is 17.2. The quantitative estimate of drug-likeness (QED) is 0.553. The van der Waals surface area contributed by atoms with Crippen molar-refractivity contribution in [3.63, 3.8) is 0 Å². The zero-order valence-electron chi connectivity index (χ0n) is 13.0. The first-order valence-electron chi connectivity index (χ1n) is 7.45. The van der Waals surface area contributed by atoms with Crippen LogP contribution in [0, 0.1) is 0 Å². The summed E-state index contributed by atoms with van der Waals surface area (Å²) in [7, 11) is 2.02. The highest BCUT2D eigenvalue weighted by molar-refractivity contribution is 7.13. The van der Waals surface area contributed by atoms with Gasteiger partial charge in [0.05, 0.1) is 5.56 Å². The Hall–Kier alpha value is -2.27. The van der Waals surface area contributed by atoms with Crippen LogP contribution in [0.15, 0.2) is 66.0 Å². The van der Waals surface area contributed by atoms with Crippen molar-refractivity contribution < 1.29 is 13.2 Å². The van der Waals surface area contributed by atoms with Gasteiger partial charge in [-0.2, -0.15) is 13.2 Å². The molecule has 0 spiro atoms. The van der Waals surface area contributed by atoms with Gasteiger partial charge in [-0.25, -0.2) is 0 Å². The number of nitrogens with zero attached hydrogens (tertiary/aromatic N) is 1. The van der Waals surface area contributed by atoms with Gasteiger partial charge in [0, 0.05) is 24.2 Å². The summed E-state index contributed by atoms with van der Waals surface area (Å²) in [5.74, 6) is 0. The third-order valence-electron chi connectivity index (χ3n) is 3.77. The highest BCUT2D eigenvalue weighted by atomic mass is 32.1. The fourth-order valence-electron chi connectivity index (χ4n) is 2.48. The van der Waals surface area contributed by atoms with Crippen LogP contribution in [-0.4, -0.2) is 7.05 Å². The van der Waals surface area contributed by atoms with Crippen molar-refractivity contribution in [2.75, 3.05) is 11.9 Å². The van der Waals surface area contributed by atoms with E-state index in [-0.39, 0.29) is 0 Å². The first-order valence-corrected chi connectivity index (χ1v) is 8.33. The van der Waals surface area contributed by atoms with Gasteiger partial charge >= 0.3 is 6.18 Å². The first-order chi connectivity index (χ1) is 11.4. The van der Waals surface area contributed by atoms with Crippen LogP contribution in [0.2, 0.25) is 0 Å². The van der Waals surface area contributed by atoms with Crippen molar-refractivity contribution in [2.45, 2.75) is 12.7 Å². The molecule has 1 nitrogen and oxygen atoms in total. The first kappa shape index (κ1) is 16.6. The molecule has 0 N–H and O–H groups in total. The maximum absolute atomic E-state index is 12.6. The largest absolute Gasteiger partial charge is 0.416 e. The molecule has 0 saturated carbocycles. The number of rotatable bonds is 4. The number of anilines is 1. The van der Waals surface area contributed by atoms with Crippen molar-refractivity contribution in [3.05, 3.63) is 77.2 Å². The predicted octanol–water partition coefficient (Wildman–Crippen LogP) is 6.07. The lowest BCUT2D eigenvalue weighted by Crippen LogP contribution is -2.15. The number of hydrogen-bond donors (Lipinski definition) is 0. The van der Waals surface area contributed by atoms with Crippen molar-refractivity contribution in [1.82, 2.24) is 0 Å². The van der Waals surface area contributed by atoms with Crippen molar-refractivity contribution in [2.24, 2.45) is 0 Å². The summed E-state index contributed by atoms with van der Waals surface area (Å²) in [6, 6.07) is 17.4. The maximum Gasteiger partial charge on any atom is 0.416 e. The maximum atomic E-state index is 12.6. The molecule has 2 aromatic carbocycles. The van der Waals surface area contributed by atoms with Crippen LogP contribution in [0.4, 0.5) is 18.9 Å². The summed E-state index contributed by atoms with van der Waals surface area (Å²) < 4.78 is 37.9. The van der Waals surface area contributed by atoms with E-state index < -0.39 is 11.7 Å². The molecule has 5 heteroatoms. The van der Waals surface area contributed by atoms with Gasteiger partial charge in [-0.05, 0) is 46.8 Å². The summed E-state index contributed by atoms with van der Waals surface area (Å²) in [6.45, 7) is 0.751. The molecule has 124 valence electrons. The van der Waals surface area contributed by atoms with Gasteiger partial charge in [-0.1, -0.05) is 30.3 Å². The predicted molar refractivity (Wildman–Crippen MR) is 93.3 cm³/mol. The van der Waals surface area contributed by atoms with E-state index in [1.54, 1.807) is 11.3 Å². The topological polar surface area (TPSA) is 3.24 Å². The van der Waals surface area contributed by atoms with E-state index in [9.17, 15) is 13.2 Å². The van der Waals surface area contributed by atoms with Crippen LogP contribution in [0.1, 0.15) is 11.1 Å². The Kier molecular flexibility index (Phi) is 4.62. The second-order valence-electron chi connectivity index (χ2n) is 5.59. The Labute approximate surface area is 143 Å². The van der Waals surface area contributed by atoms with E-state index in [0.29, 0.717) is 0 Å². The van der Waals surface area contributed by atoms with Crippen molar-refractivity contribution >= 4 is 17.0 Å². The monoisotopic (exact) mass is 347 g/mol. The molecule has 1 heterocycles. The van der Waals surface area contributed by atoms with Crippen molar-refractivity contribution in [3.8, 4) is 10.4 Å². The Morgan fingerprint density at radius 3 is 2.25 bits per heavy atom. The molecule has 0 radical (unpaired) electrons. The molecule has 0 unspecified atom stereocenters. The van der Waals surface area contributed by atoms with Crippen LogP contribution in [-0.2, 0) is 12.7 Å². The summed E-state index contributed by atoms with van der Waals surface area (Å²) in [5.41, 5.74) is 2.45. The minimum absolute atomic E-state index is 0.619. The Bertz CT molecular complexity index is 791. The van der Waals surface area contributed by atoms with Crippen LogP contribution < -0.4 is 4.90 Å². The summed E-state index contributed by atoms with van der Waals surface area (Å²) >= 11 is 1.55. The molecular weight excluding hydrogens is 331 g/mol. The molecule has 0 aliphatic carbocycles. The second-order valence-corrected chi connectivity index (χ2v) is 6.50. The van der Waals surface area contributed by atoms with Gasteiger partial charge in [0.2, 0.25) is 0 Å². The lowest BCUT2D eigenvalue weighted by molar-refractivity contribution is -0.137. The van der Waals surface area contributed by atoms with E-state index in [4.69, 9.17) is 0 Å². The van der Waals surface area contributed by atoms with Gasteiger partial charge in [-0.15, -0.1) is 11.3 Å². The Morgan fingerprint density at radius 1 is 0.958 bits per heavy atom. The number of halogens is 3. The molecule has 0 aliphatic rings. The number of benzene rings is 2. The third kappa shape index (κ3) is 3.79. The number of para-hydroxylation sites is 1. The Balaban J connectivity index is 1.74. The molecule has 0 fully saturated rings. The second kappa shape index (κ2) is 6.69. The normalized spacial score (nSPS) is 11.5. The molecule has 1 aromatic heterocycles. The van der Waals surface area contributed by atoms with Gasteiger partial charge in [0.1, 0.15) is 0 Å². The molecule has 0 bridgehead atoms. The standard InChI is InChI=1S/C19H16F3NS/c1-23(17-5-3-2-4-6-17)12-14-11-18(24-13-14)15-7-9-16(10-8-15)19(20,21)22/h2-11,13H,12H2,1H3. The highest BCUT2D eigenvalue weighted by Crippen LogP contribution is 2.33. The summed E-state index contributed by atoms with van der Waals surface area (Å²) in [6.07, 6.45) is -4.29. The van der Waals surface area contributed by atoms with Crippen LogP contribution >= 0.6 is 11.3 Å². The van der Waals surface area contributed by atoms with Gasteiger partial charge in [0.15, 0.2) is 0 Å². The average Bonchev–Trinajstić information content (AvgIpc) is 3.03. The summed E-state index contributed by atoms with van der Waals surface area (Å²) in [5, 5.41) is 2.05. The lowest BCUT2D eigenvalue weighted by atomic mass is 10.1. The lowest BCUT2D eigenvalue weighted by Gasteiger charge is -2.18. The van der Waals surface area contributed by atoms with E-state index >= 15 is 0 Å². The van der Waals surface area contributed by atoms with E-state index in [2.05, 4.69) is 4.90 Å². The zero-order valence-corrected chi connectivity index (χ0v) is 13.9. The van der Waals surface area contributed by atoms with Gasteiger partial charge in [-0.3, -0.25) is 0 Å². The van der Waals surface area contributed by atoms with Crippen LogP contribution in [0.3, 0.4) is 0 Å². The molecule has 0 aliphatic heterocycles. The number of alkyl halides is 3. The molecule has 0 atom stereocenters. The molecule has 0 saturated heterocycles. The van der Waals surface area contributed by atoms with Crippen LogP contribution in [0.5, 0.6) is 0 Å². The fourth-order valence-corrected chi connectivity index (χ4v) is 3.39. The number of thiophene rings is 1. The molecule has 3 rings (SSSR count). The molecule has 3 aromatic rings. The molecular formula is C19H16F3NS. The van der Waals surface area contributed by atoms with E-state index in [1.165, 1.54) is 12.1 Å². The van der Waals surface area contributed by atoms with Crippen LogP contribution in [0.25, 0.3) is 10.4 Å². The fraction of sp³-hybridized carbons (Fsp3) is 0.158. The van der Waals surface area contributed by atoms with Crippen molar-refractivity contribution in [1.29, 1.82) is 0 Å². The highest BCUT2D eigenvalue weighted by Gasteiger charge is 2.30.